The number of nitrogens with one attached hydrogen (secondary N) is 1. The molecule has 2 aromatic heterocycles. The maximum atomic E-state index is 12.2. The molecule has 2 fully saturated rings. The fraction of sp³-hybridized carbons (Fsp3) is 0.600. The zero-order chi connectivity index (χ0) is 14.4. The largest absolute Gasteiger partial charge is 0.314 e. The Hall–Kier alpha value is -1.24. The number of aromatic nitrogens is 2. The molecule has 0 spiro atoms. The summed E-state index contributed by atoms with van der Waals surface area (Å²) in [5.74, 6) is 0.771. The molecule has 2 aliphatic heterocycles. The topological polar surface area (TPSA) is 49.6 Å². The van der Waals surface area contributed by atoms with E-state index in [1.165, 1.54) is 12.8 Å². The first-order chi connectivity index (χ1) is 10.2. The lowest BCUT2D eigenvalue weighted by Crippen LogP contribution is -2.44. The van der Waals surface area contributed by atoms with E-state index in [0.717, 1.165) is 48.4 Å². The van der Waals surface area contributed by atoms with Gasteiger partial charge in [0.1, 0.15) is 0 Å². The van der Waals surface area contributed by atoms with Gasteiger partial charge in [-0.05, 0) is 32.2 Å². The molecule has 2 aromatic rings. The molecule has 0 radical (unpaired) electrons. The van der Waals surface area contributed by atoms with Crippen LogP contribution in [0.1, 0.15) is 24.2 Å². The number of thiazole rings is 1. The van der Waals surface area contributed by atoms with Crippen LogP contribution in [0.2, 0.25) is 0 Å². The van der Waals surface area contributed by atoms with Crippen LogP contribution in [0.4, 0.5) is 0 Å². The summed E-state index contributed by atoms with van der Waals surface area (Å²) in [7, 11) is 0. The molecular weight excluding hydrogens is 284 g/mol. The average molecular weight is 304 g/mol. The number of aryl methyl sites for hydroxylation is 1. The smallest absolute Gasteiger partial charge is 0.259 e. The minimum absolute atomic E-state index is 0.0474. The van der Waals surface area contributed by atoms with Crippen molar-refractivity contribution in [1.82, 2.24) is 19.6 Å². The molecule has 0 bridgehead atoms. The van der Waals surface area contributed by atoms with Gasteiger partial charge in [0.05, 0.1) is 5.69 Å². The first-order valence-corrected chi connectivity index (χ1v) is 8.51. The first-order valence-electron chi connectivity index (χ1n) is 7.63. The number of rotatable bonds is 2. The van der Waals surface area contributed by atoms with Crippen LogP contribution in [0.25, 0.3) is 4.96 Å². The molecule has 2 saturated heterocycles. The summed E-state index contributed by atoms with van der Waals surface area (Å²) >= 11 is 1.54. The molecule has 0 amide bonds. The summed E-state index contributed by atoms with van der Waals surface area (Å²) in [6, 6.07) is 2.41. The highest BCUT2D eigenvalue weighted by molar-refractivity contribution is 7.15. The van der Waals surface area contributed by atoms with Crippen LogP contribution in [0.3, 0.4) is 0 Å². The van der Waals surface area contributed by atoms with Crippen LogP contribution >= 0.6 is 11.3 Å². The van der Waals surface area contributed by atoms with Crippen molar-refractivity contribution in [2.75, 3.05) is 19.6 Å². The second-order valence-corrected chi connectivity index (χ2v) is 7.05. The SMILES string of the molecule is Cc1csc2nc(CN3CCC4NCCC4C3)cc(=O)n12. The lowest BCUT2D eigenvalue weighted by atomic mass is 9.93. The van der Waals surface area contributed by atoms with E-state index in [1.54, 1.807) is 21.8 Å². The van der Waals surface area contributed by atoms with Gasteiger partial charge < -0.3 is 5.32 Å². The van der Waals surface area contributed by atoms with Gasteiger partial charge >= 0.3 is 0 Å². The zero-order valence-corrected chi connectivity index (χ0v) is 13.0. The normalized spacial score (nSPS) is 26.3. The minimum atomic E-state index is 0.0474. The van der Waals surface area contributed by atoms with Gasteiger partial charge in [-0.2, -0.15) is 0 Å². The Balaban J connectivity index is 1.56. The van der Waals surface area contributed by atoms with Crippen molar-refractivity contribution < 1.29 is 0 Å². The Kier molecular flexibility index (Phi) is 3.32. The molecule has 2 atom stereocenters. The molecule has 1 N–H and O–H groups in total. The highest BCUT2D eigenvalue weighted by Crippen LogP contribution is 2.25. The van der Waals surface area contributed by atoms with Gasteiger partial charge in [0, 0.05) is 42.8 Å². The third-order valence-corrected chi connectivity index (χ3v) is 5.70. The lowest BCUT2D eigenvalue weighted by molar-refractivity contribution is 0.154. The summed E-state index contributed by atoms with van der Waals surface area (Å²) in [5, 5.41) is 5.57. The Morgan fingerprint density at radius 1 is 1.48 bits per heavy atom. The first kappa shape index (κ1) is 13.4. The number of hydrogen-bond donors (Lipinski definition) is 1. The van der Waals surface area contributed by atoms with E-state index >= 15 is 0 Å². The van der Waals surface area contributed by atoms with E-state index in [1.807, 2.05) is 12.3 Å². The van der Waals surface area contributed by atoms with Gasteiger partial charge in [-0.1, -0.05) is 0 Å². The molecule has 6 heteroatoms. The summed E-state index contributed by atoms with van der Waals surface area (Å²) in [5.41, 5.74) is 1.93. The fourth-order valence-electron chi connectivity index (χ4n) is 3.68. The van der Waals surface area contributed by atoms with Crippen molar-refractivity contribution in [3.05, 3.63) is 33.2 Å². The van der Waals surface area contributed by atoms with Crippen LogP contribution in [-0.4, -0.2) is 40.0 Å². The maximum Gasteiger partial charge on any atom is 0.259 e. The summed E-state index contributed by atoms with van der Waals surface area (Å²) in [4.78, 5) is 20.1. The van der Waals surface area contributed by atoms with Gasteiger partial charge in [0.15, 0.2) is 4.96 Å². The Morgan fingerprint density at radius 2 is 2.38 bits per heavy atom. The fourth-order valence-corrected chi connectivity index (χ4v) is 4.57. The van der Waals surface area contributed by atoms with Gasteiger partial charge in [0.2, 0.25) is 0 Å². The van der Waals surface area contributed by atoms with Crippen molar-refractivity contribution in [3.8, 4) is 0 Å². The molecule has 21 heavy (non-hydrogen) atoms. The van der Waals surface area contributed by atoms with Crippen LogP contribution < -0.4 is 10.9 Å². The summed E-state index contributed by atoms with van der Waals surface area (Å²) in [6.45, 7) is 6.13. The second kappa shape index (κ2) is 5.19. The molecule has 0 aliphatic carbocycles. The maximum absolute atomic E-state index is 12.2. The number of nitrogens with zero attached hydrogens (tertiary/aromatic N) is 3. The highest BCUT2D eigenvalue weighted by Gasteiger charge is 2.32. The van der Waals surface area contributed by atoms with Gasteiger partial charge in [0.25, 0.3) is 5.56 Å². The number of likely N-dealkylation sites (tertiary alicyclic amines) is 1. The Labute approximate surface area is 127 Å². The number of hydrogen-bond acceptors (Lipinski definition) is 5. The van der Waals surface area contributed by atoms with Crippen molar-refractivity contribution in [2.45, 2.75) is 32.4 Å². The van der Waals surface area contributed by atoms with Crippen molar-refractivity contribution in [1.29, 1.82) is 0 Å². The molecule has 2 aliphatic rings. The van der Waals surface area contributed by atoms with Crippen LogP contribution in [0.15, 0.2) is 16.2 Å². The van der Waals surface area contributed by atoms with Gasteiger partial charge in [-0.15, -0.1) is 11.3 Å². The van der Waals surface area contributed by atoms with E-state index in [4.69, 9.17) is 0 Å². The molecule has 0 aromatic carbocycles. The summed E-state index contributed by atoms with van der Waals surface area (Å²) in [6.07, 6.45) is 2.49. The quantitative estimate of drug-likeness (QED) is 0.907. The highest BCUT2D eigenvalue weighted by atomic mass is 32.1. The predicted molar refractivity (Wildman–Crippen MR) is 83.9 cm³/mol. The van der Waals surface area contributed by atoms with Crippen molar-refractivity contribution in [2.24, 2.45) is 5.92 Å². The molecular formula is C15H20N4OS. The standard InChI is InChI=1S/C15H20N4OS/c1-10-9-21-15-17-12(6-14(20)19(10)15)8-18-5-3-13-11(7-18)2-4-16-13/h6,9,11,13,16H,2-5,7-8H2,1H3. The van der Waals surface area contributed by atoms with Crippen LogP contribution in [0.5, 0.6) is 0 Å². The molecule has 112 valence electrons. The van der Waals surface area contributed by atoms with Crippen molar-refractivity contribution in [3.63, 3.8) is 0 Å². The third kappa shape index (κ3) is 2.41. The van der Waals surface area contributed by atoms with E-state index in [0.29, 0.717) is 6.04 Å². The monoisotopic (exact) mass is 304 g/mol. The van der Waals surface area contributed by atoms with Crippen LogP contribution in [0, 0.1) is 12.8 Å². The van der Waals surface area contributed by atoms with E-state index < -0.39 is 0 Å². The lowest BCUT2D eigenvalue weighted by Gasteiger charge is -2.34. The Morgan fingerprint density at radius 3 is 3.29 bits per heavy atom. The molecule has 5 nitrogen and oxygen atoms in total. The summed E-state index contributed by atoms with van der Waals surface area (Å²) < 4.78 is 1.70. The molecule has 2 unspecified atom stereocenters. The van der Waals surface area contributed by atoms with Crippen LogP contribution in [-0.2, 0) is 6.54 Å². The Bertz CT molecular complexity index is 722. The van der Waals surface area contributed by atoms with Gasteiger partial charge in [-0.25, -0.2) is 4.98 Å². The second-order valence-electron chi connectivity index (χ2n) is 6.21. The predicted octanol–water partition coefficient (Wildman–Crippen LogP) is 1.25. The molecule has 4 rings (SSSR count). The zero-order valence-electron chi connectivity index (χ0n) is 12.2. The van der Waals surface area contributed by atoms with E-state index in [2.05, 4.69) is 15.2 Å². The van der Waals surface area contributed by atoms with Gasteiger partial charge in [-0.3, -0.25) is 14.1 Å². The van der Waals surface area contributed by atoms with Crippen molar-refractivity contribution >= 4 is 16.3 Å². The number of piperidine rings is 1. The average Bonchev–Trinajstić information content (AvgIpc) is 3.05. The number of fused-ring (bicyclic) bond motifs is 2. The van der Waals surface area contributed by atoms with E-state index in [9.17, 15) is 4.79 Å². The molecule has 0 saturated carbocycles. The molecule has 4 heterocycles. The van der Waals surface area contributed by atoms with E-state index in [-0.39, 0.29) is 5.56 Å². The third-order valence-electron chi connectivity index (χ3n) is 4.75. The minimum Gasteiger partial charge on any atom is -0.314 e.